The van der Waals surface area contributed by atoms with Crippen molar-refractivity contribution < 1.29 is 9.90 Å². The number of aliphatic hydroxyl groups is 1. The van der Waals surface area contributed by atoms with E-state index < -0.39 is 0 Å². The first-order valence-electron chi connectivity index (χ1n) is 10.1. The molecule has 2 aliphatic rings. The van der Waals surface area contributed by atoms with Crippen molar-refractivity contribution in [2.75, 3.05) is 0 Å². The number of hydrogen-bond acceptors (Lipinski definition) is 4. The molecule has 1 atom stereocenters. The number of aliphatic hydroxyl groups excluding tert-OH is 1. The molecule has 144 valence electrons. The van der Waals surface area contributed by atoms with E-state index in [2.05, 4.69) is 26.6 Å². The molecule has 0 spiro atoms. The van der Waals surface area contributed by atoms with Gasteiger partial charge in [0.15, 0.2) is 5.69 Å². The molecule has 3 aromatic rings. The molecule has 5 rings (SSSR count). The minimum Gasteiger partial charge on any atom is -0.393 e. The summed E-state index contributed by atoms with van der Waals surface area (Å²) < 4.78 is 0. The summed E-state index contributed by atoms with van der Waals surface area (Å²) in [6.07, 6.45) is 7.05. The van der Waals surface area contributed by atoms with Crippen LogP contribution in [0.1, 0.15) is 59.0 Å². The van der Waals surface area contributed by atoms with Crippen molar-refractivity contribution in [3.05, 3.63) is 59.0 Å². The van der Waals surface area contributed by atoms with Crippen molar-refractivity contribution in [3.8, 4) is 0 Å². The van der Waals surface area contributed by atoms with Crippen LogP contribution in [0.2, 0.25) is 0 Å². The van der Waals surface area contributed by atoms with Crippen molar-refractivity contribution in [2.24, 2.45) is 5.92 Å². The molecule has 2 aliphatic carbocycles. The summed E-state index contributed by atoms with van der Waals surface area (Å²) in [7, 11) is 0. The van der Waals surface area contributed by atoms with Crippen LogP contribution in [-0.2, 0) is 12.8 Å². The van der Waals surface area contributed by atoms with Gasteiger partial charge in [0.2, 0.25) is 0 Å². The van der Waals surface area contributed by atoms with Gasteiger partial charge in [0.1, 0.15) is 0 Å². The average molecular weight is 376 g/mol. The smallest absolute Gasteiger partial charge is 0.272 e. The van der Waals surface area contributed by atoms with Crippen molar-refractivity contribution in [2.45, 2.75) is 50.7 Å². The second-order valence-corrected chi connectivity index (χ2v) is 8.03. The van der Waals surface area contributed by atoms with E-state index in [1.165, 1.54) is 0 Å². The highest BCUT2D eigenvalue weighted by molar-refractivity contribution is 5.94. The number of fused-ring (bicyclic) bond motifs is 2. The highest BCUT2D eigenvalue weighted by Crippen LogP contribution is 2.38. The summed E-state index contributed by atoms with van der Waals surface area (Å²) in [5.74, 6) is 0.0654. The standard InChI is InChI=1S/C22H24N4O2/c27-16-10-14(11-16)20(15-9-13-5-1-3-7-18(13)23-12-15)24-22(28)21-17-6-2-4-8-19(17)25-26-21/h1,3,5,7,9,12,14,16,20,27H,2,4,6,8,10-11H2,(H,24,28)(H,25,26). The highest BCUT2D eigenvalue weighted by Gasteiger charge is 2.36. The van der Waals surface area contributed by atoms with Crippen molar-refractivity contribution >= 4 is 16.8 Å². The molecule has 0 aliphatic heterocycles. The third-order valence-corrected chi connectivity index (χ3v) is 6.15. The number of para-hydroxylation sites is 1. The first kappa shape index (κ1) is 17.4. The number of aryl methyl sites for hydroxylation is 1. The lowest BCUT2D eigenvalue weighted by molar-refractivity contribution is 0.0234. The van der Waals surface area contributed by atoms with E-state index in [0.29, 0.717) is 18.5 Å². The number of rotatable bonds is 4. The molecular formula is C22H24N4O2. The summed E-state index contributed by atoms with van der Waals surface area (Å²) in [5.41, 5.74) is 4.60. The van der Waals surface area contributed by atoms with Crippen LogP contribution < -0.4 is 5.32 Å². The maximum atomic E-state index is 13.1. The van der Waals surface area contributed by atoms with Gasteiger partial charge in [-0.25, -0.2) is 0 Å². The molecule has 1 saturated carbocycles. The van der Waals surface area contributed by atoms with Crippen LogP contribution in [0.5, 0.6) is 0 Å². The van der Waals surface area contributed by atoms with Crippen molar-refractivity contribution in [3.63, 3.8) is 0 Å². The zero-order chi connectivity index (χ0) is 19.1. The van der Waals surface area contributed by atoms with E-state index in [4.69, 9.17) is 0 Å². The average Bonchev–Trinajstić information content (AvgIpc) is 3.14. The largest absolute Gasteiger partial charge is 0.393 e. The van der Waals surface area contributed by atoms with E-state index in [-0.39, 0.29) is 24.0 Å². The molecule has 1 fully saturated rings. The Balaban J connectivity index is 1.45. The fourth-order valence-corrected chi connectivity index (χ4v) is 4.51. The molecule has 1 aromatic carbocycles. The van der Waals surface area contributed by atoms with E-state index in [1.54, 1.807) is 0 Å². The summed E-state index contributed by atoms with van der Waals surface area (Å²) >= 11 is 0. The van der Waals surface area contributed by atoms with Gasteiger partial charge in [-0.1, -0.05) is 18.2 Å². The number of carbonyl (C=O) groups is 1. The first-order valence-corrected chi connectivity index (χ1v) is 10.1. The monoisotopic (exact) mass is 376 g/mol. The van der Waals surface area contributed by atoms with Gasteiger partial charge in [-0.2, -0.15) is 5.10 Å². The maximum Gasteiger partial charge on any atom is 0.272 e. The fraction of sp³-hybridized carbons (Fsp3) is 0.409. The van der Waals surface area contributed by atoms with Crippen LogP contribution in [-0.4, -0.2) is 32.3 Å². The zero-order valence-corrected chi connectivity index (χ0v) is 15.7. The van der Waals surface area contributed by atoms with Gasteiger partial charge in [0, 0.05) is 22.8 Å². The molecule has 1 unspecified atom stereocenters. The van der Waals surface area contributed by atoms with Gasteiger partial charge >= 0.3 is 0 Å². The molecule has 2 aromatic heterocycles. The highest BCUT2D eigenvalue weighted by atomic mass is 16.3. The molecule has 0 bridgehead atoms. The molecule has 3 N–H and O–H groups in total. The number of nitrogens with one attached hydrogen (secondary N) is 2. The zero-order valence-electron chi connectivity index (χ0n) is 15.7. The quantitative estimate of drug-likeness (QED) is 0.653. The molecule has 2 heterocycles. The number of nitrogens with zero attached hydrogens (tertiary/aromatic N) is 2. The van der Waals surface area contributed by atoms with Gasteiger partial charge in [-0.05, 0) is 62.1 Å². The number of amides is 1. The lowest BCUT2D eigenvalue weighted by Gasteiger charge is -2.38. The van der Waals surface area contributed by atoms with Crippen LogP contribution in [0, 0.1) is 5.92 Å². The van der Waals surface area contributed by atoms with Crippen molar-refractivity contribution in [1.29, 1.82) is 0 Å². The molecule has 6 nitrogen and oxygen atoms in total. The van der Waals surface area contributed by atoms with Gasteiger partial charge in [0.25, 0.3) is 5.91 Å². The Hall–Kier alpha value is -2.73. The lowest BCUT2D eigenvalue weighted by Crippen LogP contribution is -2.41. The van der Waals surface area contributed by atoms with Crippen molar-refractivity contribution in [1.82, 2.24) is 20.5 Å². The number of aromatic amines is 1. The van der Waals surface area contributed by atoms with Gasteiger partial charge in [0.05, 0.1) is 17.7 Å². The Morgan fingerprint density at radius 2 is 2.04 bits per heavy atom. The normalized spacial score (nSPS) is 22.3. The minimum absolute atomic E-state index is 0.140. The number of hydrogen-bond donors (Lipinski definition) is 3. The fourth-order valence-electron chi connectivity index (χ4n) is 4.51. The Morgan fingerprint density at radius 1 is 1.21 bits per heavy atom. The molecule has 1 amide bonds. The third kappa shape index (κ3) is 3.07. The predicted octanol–water partition coefficient (Wildman–Crippen LogP) is 3.08. The van der Waals surface area contributed by atoms with Crippen LogP contribution in [0.25, 0.3) is 10.9 Å². The van der Waals surface area contributed by atoms with Crippen LogP contribution in [0.15, 0.2) is 36.5 Å². The van der Waals surface area contributed by atoms with Crippen LogP contribution >= 0.6 is 0 Å². The SMILES string of the molecule is O=C(NC(c1cnc2ccccc2c1)C1CC(O)C1)c1n[nH]c2c1CCCC2. The van der Waals surface area contributed by atoms with Crippen LogP contribution in [0.4, 0.5) is 0 Å². The van der Waals surface area contributed by atoms with E-state index in [1.807, 2.05) is 30.5 Å². The summed E-state index contributed by atoms with van der Waals surface area (Å²) in [4.78, 5) is 17.6. The molecule has 0 radical (unpaired) electrons. The first-order chi connectivity index (χ1) is 13.7. The second kappa shape index (κ2) is 7.02. The van der Waals surface area contributed by atoms with E-state index >= 15 is 0 Å². The lowest BCUT2D eigenvalue weighted by atomic mass is 9.75. The second-order valence-electron chi connectivity index (χ2n) is 8.03. The number of benzene rings is 1. The number of carbonyl (C=O) groups excluding carboxylic acids is 1. The minimum atomic E-state index is -0.282. The number of H-pyrrole nitrogens is 1. The summed E-state index contributed by atoms with van der Waals surface area (Å²) in [6.45, 7) is 0. The Bertz CT molecular complexity index is 1020. The molecule has 28 heavy (non-hydrogen) atoms. The Kier molecular flexibility index (Phi) is 4.36. The van der Waals surface area contributed by atoms with E-state index in [9.17, 15) is 9.90 Å². The van der Waals surface area contributed by atoms with Gasteiger partial charge < -0.3 is 10.4 Å². The summed E-state index contributed by atoms with van der Waals surface area (Å²) in [6, 6.07) is 9.89. The van der Waals surface area contributed by atoms with Gasteiger partial charge in [-0.15, -0.1) is 0 Å². The number of aromatic nitrogens is 3. The topological polar surface area (TPSA) is 90.9 Å². The third-order valence-electron chi connectivity index (χ3n) is 6.15. The van der Waals surface area contributed by atoms with Gasteiger partial charge in [-0.3, -0.25) is 14.9 Å². The van der Waals surface area contributed by atoms with E-state index in [0.717, 1.165) is 53.4 Å². The number of pyridine rings is 1. The Morgan fingerprint density at radius 3 is 2.89 bits per heavy atom. The van der Waals surface area contributed by atoms with Crippen LogP contribution in [0.3, 0.4) is 0 Å². The maximum absolute atomic E-state index is 13.1. The summed E-state index contributed by atoms with van der Waals surface area (Å²) in [5, 5.41) is 21.4. The molecule has 0 saturated heterocycles. The molecule has 6 heteroatoms. The predicted molar refractivity (Wildman–Crippen MR) is 106 cm³/mol. The molecular weight excluding hydrogens is 352 g/mol. The Labute approximate surface area is 163 Å².